The molecule has 0 saturated heterocycles. The van der Waals surface area contributed by atoms with Gasteiger partial charge >= 0.3 is 5.97 Å². The average Bonchev–Trinajstić information content (AvgIpc) is 2.76. The number of aromatic nitrogens is 1. The molecule has 0 aliphatic rings. The predicted octanol–water partition coefficient (Wildman–Crippen LogP) is 4.17. The van der Waals surface area contributed by atoms with Gasteiger partial charge in [-0.2, -0.15) is 0 Å². The van der Waals surface area contributed by atoms with Gasteiger partial charge in [0.1, 0.15) is 24.7 Å². The van der Waals surface area contributed by atoms with E-state index in [0.29, 0.717) is 23.5 Å². The molecule has 3 rings (SSSR count). The van der Waals surface area contributed by atoms with E-state index in [0.717, 1.165) is 5.56 Å². The summed E-state index contributed by atoms with van der Waals surface area (Å²) >= 11 is 0. The first-order valence-electron chi connectivity index (χ1n) is 9.61. The Bertz CT molecular complexity index is 988. The van der Waals surface area contributed by atoms with Crippen molar-refractivity contribution in [2.45, 2.75) is 33.2 Å². The normalized spacial score (nSPS) is 12.2. The number of phenolic OH excluding ortho intramolecular Hbond substituents is 1. The largest absolute Gasteiger partial charge is 0.508 e. The highest BCUT2D eigenvalue weighted by Crippen LogP contribution is 2.35. The minimum absolute atomic E-state index is 0.00452. The van der Waals surface area contributed by atoms with Crippen LogP contribution in [0.15, 0.2) is 73.1 Å². The van der Waals surface area contributed by atoms with E-state index < -0.39 is 17.5 Å². The third-order valence-electron chi connectivity index (χ3n) is 4.78. The van der Waals surface area contributed by atoms with Crippen LogP contribution in [0.2, 0.25) is 0 Å². The molecule has 2 aromatic carbocycles. The third-order valence-corrected chi connectivity index (χ3v) is 4.78. The average molecular weight is 407 g/mol. The summed E-state index contributed by atoms with van der Waals surface area (Å²) in [7, 11) is 0. The number of carbonyl (C=O) groups excluding carboxylic acids is 1. The van der Waals surface area contributed by atoms with Crippen LogP contribution in [0, 0.1) is 5.41 Å². The molecule has 6 nitrogen and oxygen atoms in total. The first kappa shape index (κ1) is 21.3. The lowest BCUT2D eigenvalue weighted by atomic mass is 9.82. The van der Waals surface area contributed by atoms with E-state index in [-0.39, 0.29) is 12.4 Å². The van der Waals surface area contributed by atoms with Gasteiger partial charge in [0.25, 0.3) is 0 Å². The number of hydrogen-bond donors (Lipinski definition) is 2. The number of ether oxygens (including phenoxy) is 2. The summed E-state index contributed by atoms with van der Waals surface area (Å²) in [4.78, 5) is 16.8. The zero-order valence-corrected chi connectivity index (χ0v) is 17.0. The minimum atomic E-state index is -1.21. The van der Waals surface area contributed by atoms with Crippen LogP contribution < -0.4 is 4.74 Å². The lowest BCUT2D eigenvalue weighted by molar-refractivity contribution is -0.162. The molecule has 0 bridgehead atoms. The van der Waals surface area contributed by atoms with Gasteiger partial charge in [-0.3, -0.25) is 9.78 Å². The number of phenols is 1. The van der Waals surface area contributed by atoms with Crippen LogP contribution in [0.25, 0.3) is 0 Å². The van der Waals surface area contributed by atoms with Gasteiger partial charge in [0, 0.05) is 11.8 Å². The molecule has 6 heteroatoms. The van der Waals surface area contributed by atoms with Crippen LogP contribution in [0.5, 0.6) is 11.5 Å². The molecule has 0 spiro atoms. The number of esters is 1. The number of aliphatic hydroxyl groups is 1. The van der Waals surface area contributed by atoms with Crippen molar-refractivity contribution in [2.24, 2.45) is 5.41 Å². The summed E-state index contributed by atoms with van der Waals surface area (Å²) in [5.74, 6) is 0.0366. The molecule has 2 N–H and O–H groups in total. The summed E-state index contributed by atoms with van der Waals surface area (Å²) in [5, 5.41) is 20.2. The number of hydrogen-bond acceptors (Lipinski definition) is 6. The molecular weight excluding hydrogens is 382 g/mol. The first-order valence-corrected chi connectivity index (χ1v) is 9.61. The summed E-state index contributed by atoms with van der Waals surface area (Å²) < 4.78 is 11.2. The number of aromatic hydroxyl groups is 1. The van der Waals surface area contributed by atoms with Crippen LogP contribution in [-0.2, 0) is 22.7 Å². The maximum absolute atomic E-state index is 12.6. The van der Waals surface area contributed by atoms with Crippen molar-refractivity contribution in [3.8, 4) is 11.5 Å². The summed E-state index contributed by atoms with van der Waals surface area (Å²) in [6.45, 7) is 3.61. The molecule has 30 heavy (non-hydrogen) atoms. The number of aliphatic hydroxyl groups excluding tert-OH is 1. The van der Waals surface area contributed by atoms with E-state index >= 15 is 0 Å². The fourth-order valence-electron chi connectivity index (χ4n) is 2.92. The Hall–Kier alpha value is -3.38. The molecule has 0 fully saturated rings. The van der Waals surface area contributed by atoms with Crippen molar-refractivity contribution >= 4 is 5.97 Å². The van der Waals surface area contributed by atoms with Crippen LogP contribution in [-0.4, -0.2) is 21.2 Å². The quantitative estimate of drug-likeness (QED) is 0.545. The van der Waals surface area contributed by atoms with Gasteiger partial charge in [0.05, 0.1) is 17.7 Å². The Morgan fingerprint density at radius 2 is 1.77 bits per heavy atom. The van der Waals surface area contributed by atoms with Crippen LogP contribution in [0.1, 0.15) is 36.6 Å². The maximum atomic E-state index is 12.6. The fourth-order valence-corrected chi connectivity index (χ4v) is 2.92. The van der Waals surface area contributed by atoms with Gasteiger partial charge < -0.3 is 19.7 Å². The highest BCUT2D eigenvalue weighted by Gasteiger charge is 2.38. The van der Waals surface area contributed by atoms with Crippen molar-refractivity contribution in [3.63, 3.8) is 0 Å². The van der Waals surface area contributed by atoms with Crippen molar-refractivity contribution in [2.75, 3.05) is 0 Å². The monoisotopic (exact) mass is 407 g/mol. The van der Waals surface area contributed by atoms with E-state index in [1.54, 1.807) is 44.4 Å². The molecule has 1 atom stereocenters. The zero-order valence-electron chi connectivity index (χ0n) is 17.0. The lowest BCUT2D eigenvalue weighted by Gasteiger charge is -2.28. The maximum Gasteiger partial charge on any atom is 0.314 e. The molecule has 156 valence electrons. The standard InChI is InChI=1S/C24H25NO5/c1-24(2,22(27)19-9-6-10-20(26)12-19)23(28)30-16-18-11-21(14-25-13-18)29-15-17-7-4-3-5-8-17/h3-14,22,26-27H,15-16H2,1-2H3. The van der Waals surface area contributed by atoms with Gasteiger partial charge in [-0.25, -0.2) is 0 Å². The molecule has 0 aliphatic heterocycles. The number of benzene rings is 2. The molecule has 1 aromatic heterocycles. The molecule has 1 heterocycles. The van der Waals surface area contributed by atoms with E-state index in [4.69, 9.17) is 9.47 Å². The van der Waals surface area contributed by atoms with E-state index in [1.807, 2.05) is 30.3 Å². The molecule has 0 aliphatic carbocycles. The number of nitrogens with zero attached hydrogens (tertiary/aromatic N) is 1. The lowest BCUT2D eigenvalue weighted by Crippen LogP contribution is -2.33. The summed E-state index contributed by atoms with van der Waals surface area (Å²) in [6, 6.07) is 17.7. The minimum Gasteiger partial charge on any atom is -0.508 e. The highest BCUT2D eigenvalue weighted by molar-refractivity contribution is 5.77. The van der Waals surface area contributed by atoms with Gasteiger partial charge in [-0.1, -0.05) is 42.5 Å². The van der Waals surface area contributed by atoms with Gasteiger partial charge in [-0.05, 0) is 43.2 Å². The van der Waals surface area contributed by atoms with E-state index in [1.165, 1.54) is 12.1 Å². The van der Waals surface area contributed by atoms with Crippen molar-refractivity contribution < 1.29 is 24.5 Å². The Morgan fingerprint density at radius 3 is 2.50 bits per heavy atom. The summed E-state index contributed by atoms with van der Waals surface area (Å²) in [6.07, 6.45) is 2.07. The van der Waals surface area contributed by atoms with Gasteiger partial charge in [0.2, 0.25) is 0 Å². The number of rotatable bonds is 8. The Kier molecular flexibility index (Phi) is 6.69. The molecule has 3 aromatic rings. The Balaban J connectivity index is 1.59. The van der Waals surface area contributed by atoms with Crippen molar-refractivity contribution in [1.29, 1.82) is 0 Å². The van der Waals surface area contributed by atoms with E-state index in [2.05, 4.69) is 4.98 Å². The molecular formula is C24H25NO5. The molecule has 0 amide bonds. The second kappa shape index (κ2) is 9.41. The Morgan fingerprint density at radius 1 is 1.00 bits per heavy atom. The highest BCUT2D eigenvalue weighted by atomic mass is 16.5. The van der Waals surface area contributed by atoms with Crippen LogP contribution in [0.3, 0.4) is 0 Å². The van der Waals surface area contributed by atoms with Crippen LogP contribution in [0.4, 0.5) is 0 Å². The SMILES string of the molecule is CC(C)(C(=O)OCc1cncc(OCc2ccccc2)c1)C(O)c1cccc(O)c1. The number of carbonyl (C=O) groups is 1. The number of pyridine rings is 1. The predicted molar refractivity (Wildman–Crippen MR) is 112 cm³/mol. The molecule has 0 saturated carbocycles. The molecule has 1 unspecified atom stereocenters. The smallest absolute Gasteiger partial charge is 0.314 e. The summed E-state index contributed by atoms with van der Waals surface area (Å²) in [5.41, 5.74) is 0.950. The topological polar surface area (TPSA) is 88.9 Å². The second-order valence-electron chi connectivity index (χ2n) is 7.60. The third kappa shape index (κ3) is 5.36. The zero-order chi connectivity index (χ0) is 21.6. The van der Waals surface area contributed by atoms with Crippen LogP contribution >= 0.6 is 0 Å². The van der Waals surface area contributed by atoms with Gasteiger partial charge in [0.15, 0.2) is 0 Å². The van der Waals surface area contributed by atoms with Crippen molar-refractivity contribution in [3.05, 3.63) is 89.7 Å². The Labute approximate surface area is 175 Å². The second-order valence-corrected chi connectivity index (χ2v) is 7.60. The van der Waals surface area contributed by atoms with E-state index in [9.17, 15) is 15.0 Å². The van der Waals surface area contributed by atoms with Gasteiger partial charge in [-0.15, -0.1) is 0 Å². The molecule has 0 radical (unpaired) electrons. The fraction of sp³-hybridized carbons (Fsp3) is 0.250. The first-order chi connectivity index (χ1) is 14.4. The van der Waals surface area contributed by atoms with Crippen molar-refractivity contribution in [1.82, 2.24) is 4.98 Å².